The number of nitrogens with zero attached hydrogens (tertiary/aromatic N) is 2. The quantitative estimate of drug-likeness (QED) is 0.867. The van der Waals surface area contributed by atoms with E-state index in [9.17, 15) is 0 Å². The van der Waals surface area contributed by atoms with Crippen molar-refractivity contribution >= 4 is 0 Å². The van der Waals surface area contributed by atoms with Gasteiger partial charge in [-0.2, -0.15) is 0 Å². The first-order valence-electron chi connectivity index (χ1n) is 6.74. The minimum absolute atomic E-state index is 0.250. The van der Waals surface area contributed by atoms with E-state index in [4.69, 9.17) is 5.11 Å². The molecule has 3 nitrogen and oxygen atoms in total. The van der Waals surface area contributed by atoms with E-state index in [0.29, 0.717) is 6.04 Å². The maximum Gasteiger partial charge on any atom is 0.0402 e. The Balaban J connectivity index is 0.000000492. The Hall–Kier alpha value is -0.900. The largest absolute Gasteiger partial charge is 0.397 e. The zero-order valence-electron chi connectivity index (χ0n) is 11.8. The number of benzene rings is 1. The zero-order chi connectivity index (χ0) is 13.4. The molecule has 18 heavy (non-hydrogen) atoms. The molecule has 1 saturated heterocycles. The van der Waals surface area contributed by atoms with E-state index in [-0.39, 0.29) is 6.61 Å². The number of hydrogen-bond acceptors (Lipinski definition) is 3. The zero-order valence-corrected chi connectivity index (χ0v) is 11.8. The second-order valence-corrected chi connectivity index (χ2v) is 4.88. The summed E-state index contributed by atoms with van der Waals surface area (Å²) in [6, 6.07) is 11.4. The minimum atomic E-state index is 0.250. The molecule has 1 atom stereocenters. The van der Waals surface area contributed by atoms with Gasteiger partial charge in [0.1, 0.15) is 0 Å². The van der Waals surface area contributed by atoms with Gasteiger partial charge in [0.15, 0.2) is 0 Å². The summed E-state index contributed by atoms with van der Waals surface area (Å²) in [4.78, 5) is 4.97. The third-order valence-electron chi connectivity index (χ3n) is 3.20. The minimum Gasteiger partial charge on any atom is -0.397 e. The van der Waals surface area contributed by atoms with Gasteiger partial charge in [-0.15, -0.1) is 0 Å². The standard InChI is InChI=1S/C13H20N2.C2H6O/c1-12-10-14(2)8-9-15(12)11-13-6-4-3-5-7-13;1-2-3/h3-7,12H,8-11H2,1-2H3;3H,2H2,1H3. The van der Waals surface area contributed by atoms with Crippen molar-refractivity contribution in [3.63, 3.8) is 0 Å². The molecule has 1 aliphatic rings. The van der Waals surface area contributed by atoms with Crippen LogP contribution in [-0.4, -0.2) is 54.2 Å². The topological polar surface area (TPSA) is 26.7 Å². The number of hydrogen-bond donors (Lipinski definition) is 1. The van der Waals surface area contributed by atoms with Crippen molar-refractivity contribution in [2.75, 3.05) is 33.3 Å². The fourth-order valence-corrected chi connectivity index (χ4v) is 2.23. The molecule has 3 heteroatoms. The van der Waals surface area contributed by atoms with Gasteiger partial charge in [0.05, 0.1) is 0 Å². The summed E-state index contributed by atoms with van der Waals surface area (Å²) in [6.07, 6.45) is 0. The Morgan fingerprint density at radius 3 is 2.39 bits per heavy atom. The molecule has 2 rings (SSSR count). The van der Waals surface area contributed by atoms with Crippen molar-refractivity contribution in [2.24, 2.45) is 0 Å². The lowest BCUT2D eigenvalue weighted by atomic mass is 10.1. The van der Waals surface area contributed by atoms with Crippen molar-refractivity contribution in [3.05, 3.63) is 35.9 Å². The van der Waals surface area contributed by atoms with Gasteiger partial charge in [0, 0.05) is 38.8 Å². The second kappa shape index (κ2) is 8.25. The molecule has 1 fully saturated rings. The number of likely N-dealkylation sites (N-methyl/N-ethyl adjacent to an activating group) is 1. The van der Waals surface area contributed by atoms with Crippen LogP contribution < -0.4 is 0 Å². The molecule has 0 saturated carbocycles. The van der Waals surface area contributed by atoms with Gasteiger partial charge in [-0.25, -0.2) is 0 Å². The van der Waals surface area contributed by atoms with Gasteiger partial charge in [-0.1, -0.05) is 30.3 Å². The number of aliphatic hydroxyl groups is 1. The first kappa shape index (κ1) is 15.2. The van der Waals surface area contributed by atoms with Gasteiger partial charge in [0.25, 0.3) is 0 Å². The predicted molar refractivity (Wildman–Crippen MR) is 76.6 cm³/mol. The van der Waals surface area contributed by atoms with Crippen molar-refractivity contribution in [3.8, 4) is 0 Å². The summed E-state index contributed by atoms with van der Waals surface area (Å²) in [5, 5.41) is 7.57. The Labute approximate surface area is 111 Å². The van der Waals surface area contributed by atoms with Gasteiger partial charge < -0.3 is 10.0 Å². The molecular weight excluding hydrogens is 224 g/mol. The maximum atomic E-state index is 7.57. The van der Waals surface area contributed by atoms with Gasteiger partial charge in [-0.3, -0.25) is 4.90 Å². The molecule has 0 amide bonds. The van der Waals surface area contributed by atoms with E-state index in [1.165, 1.54) is 25.2 Å². The van der Waals surface area contributed by atoms with Crippen molar-refractivity contribution < 1.29 is 5.11 Å². The monoisotopic (exact) mass is 250 g/mol. The molecule has 1 aliphatic heterocycles. The van der Waals surface area contributed by atoms with Crippen LogP contribution >= 0.6 is 0 Å². The van der Waals surface area contributed by atoms with Crippen LogP contribution in [0.25, 0.3) is 0 Å². The third-order valence-corrected chi connectivity index (χ3v) is 3.20. The highest BCUT2D eigenvalue weighted by molar-refractivity contribution is 5.14. The molecule has 1 N–H and O–H groups in total. The highest BCUT2D eigenvalue weighted by Crippen LogP contribution is 2.12. The molecule has 1 unspecified atom stereocenters. The molecule has 1 heterocycles. The Morgan fingerprint density at radius 2 is 1.83 bits per heavy atom. The Morgan fingerprint density at radius 1 is 1.22 bits per heavy atom. The second-order valence-electron chi connectivity index (χ2n) is 4.88. The number of piperazine rings is 1. The molecular formula is C15H26N2O. The smallest absolute Gasteiger partial charge is 0.0402 e. The van der Waals surface area contributed by atoms with E-state index < -0.39 is 0 Å². The summed E-state index contributed by atoms with van der Waals surface area (Å²) in [5.41, 5.74) is 1.42. The molecule has 0 aromatic heterocycles. The van der Waals surface area contributed by atoms with Crippen LogP contribution in [0.2, 0.25) is 0 Å². The highest BCUT2D eigenvalue weighted by Gasteiger charge is 2.20. The van der Waals surface area contributed by atoms with E-state index in [2.05, 4.69) is 54.1 Å². The number of aliphatic hydroxyl groups excluding tert-OH is 1. The average molecular weight is 250 g/mol. The first-order chi connectivity index (χ1) is 8.67. The molecule has 0 bridgehead atoms. The van der Waals surface area contributed by atoms with Crippen molar-refractivity contribution in [2.45, 2.75) is 26.4 Å². The summed E-state index contributed by atoms with van der Waals surface area (Å²) >= 11 is 0. The summed E-state index contributed by atoms with van der Waals surface area (Å²) < 4.78 is 0. The highest BCUT2D eigenvalue weighted by atomic mass is 16.2. The SMILES string of the molecule is CC1CN(C)CCN1Cc1ccccc1.CCO. The van der Waals surface area contributed by atoms with Gasteiger partial charge >= 0.3 is 0 Å². The Bertz CT molecular complexity index is 316. The molecule has 0 radical (unpaired) electrons. The van der Waals surface area contributed by atoms with Gasteiger partial charge in [0.2, 0.25) is 0 Å². The van der Waals surface area contributed by atoms with Crippen molar-refractivity contribution in [1.29, 1.82) is 0 Å². The third kappa shape index (κ3) is 5.17. The van der Waals surface area contributed by atoms with Crippen LogP contribution in [0.15, 0.2) is 30.3 Å². The lowest BCUT2D eigenvalue weighted by Gasteiger charge is -2.38. The molecule has 1 aromatic carbocycles. The van der Waals surface area contributed by atoms with Crippen LogP contribution in [0.5, 0.6) is 0 Å². The van der Waals surface area contributed by atoms with Gasteiger partial charge in [-0.05, 0) is 26.5 Å². The van der Waals surface area contributed by atoms with Crippen LogP contribution in [0.1, 0.15) is 19.4 Å². The lowest BCUT2D eigenvalue weighted by Crippen LogP contribution is -2.49. The lowest BCUT2D eigenvalue weighted by molar-refractivity contribution is 0.0938. The van der Waals surface area contributed by atoms with Crippen LogP contribution in [0, 0.1) is 0 Å². The summed E-state index contributed by atoms with van der Waals surface area (Å²) in [5.74, 6) is 0. The number of rotatable bonds is 2. The van der Waals surface area contributed by atoms with Crippen LogP contribution in [0.3, 0.4) is 0 Å². The van der Waals surface area contributed by atoms with E-state index >= 15 is 0 Å². The van der Waals surface area contributed by atoms with Crippen LogP contribution in [-0.2, 0) is 6.54 Å². The average Bonchev–Trinajstić information content (AvgIpc) is 2.35. The van der Waals surface area contributed by atoms with E-state index in [1.54, 1.807) is 6.92 Å². The fourth-order valence-electron chi connectivity index (χ4n) is 2.23. The molecule has 102 valence electrons. The fraction of sp³-hybridized carbons (Fsp3) is 0.600. The summed E-state index contributed by atoms with van der Waals surface area (Å²) in [6.45, 7) is 8.91. The summed E-state index contributed by atoms with van der Waals surface area (Å²) in [7, 11) is 2.20. The van der Waals surface area contributed by atoms with E-state index in [0.717, 1.165) is 6.54 Å². The first-order valence-corrected chi connectivity index (χ1v) is 6.74. The van der Waals surface area contributed by atoms with Crippen LogP contribution in [0.4, 0.5) is 0 Å². The molecule has 1 aromatic rings. The van der Waals surface area contributed by atoms with Crippen molar-refractivity contribution in [1.82, 2.24) is 9.80 Å². The molecule has 0 spiro atoms. The van der Waals surface area contributed by atoms with E-state index in [1.807, 2.05) is 0 Å². The molecule has 0 aliphatic carbocycles. The Kier molecular flexibility index (Phi) is 6.94. The maximum absolute atomic E-state index is 7.57. The predicted octanol–water partition coefficient (Wildman–Crippen LogP) is 1.82. The normalized spacial score (nSPS) is 21.2.